The fraction of sp³-hybridized carbons (Fsp3) is 0.0588. The van der Waals surface area contributed by atoms with E-state index in [-0.39, 0.29) is 0 Å². The van der Waals surface area contributed by atoms with Crippen LogP contribution in [0.1, 0.15) is 6.42 Å². The van der Waals surface area contributed by atoms with Gasteiger partial charge in [-0.1, -0.05) is 91.0 Å². The molecule has 0 saturated carbocycles. The zero-order valence-corrected chi connectivity index (χ0v) is 20.7. The van der Waals surface area contributed by atoms with Crippen LogP contribution in [-0.2, 0) is 0 Å². The van der Waals surface area contributed by atoms with Crippen LogP contribution in [0.3, 0.4) is 0 Å². The van der Waals surface area contributed by atoms with E-state index in [1.54, 1.807) is 0 Å². The molecule has 0 amide bonds. The van der Waals surface area contributed by atoms with Crippen molar-refractivity contribution in [2.24, 2.45) is 5.92 Å². The summed E-state index contributed by atoms with van der Waals surface area (Å²) < 4.78 is 2.76. The molecule has 0 N–H and O–H groups in total. The van der Waals surface area contributed by atoms with Crippen LogP contribution in [0.5, 0.6) is 0 Å². The van der Waals surface area contributed by atoms with E-state index >= 15 is 0 Å². The van der Waals surface area contributed by atoms with Crippen molar-refractivity contribution >= 4 is 50.1 Å². The second kappa shape index (κ2) is 8.82. The minimum atomic E-state index is 0.483. The minimum absolute atomic E-state index is 0.483. The Balaban J connectivity index is 1.44. The van der Waals surface area contributed by atoms with Crippen molar-refractivity contribution < 1.29 is 0 Å². The molecule has 0 aliphatic heterocycles. The molecule has 2 aliphatic carbocycles. The van der Waals surface area contributed by atoms with Crippen LogP contribution >= 0.6 is 11.3 Å². The number of thiophene rings is 1. The molecule has 7 rings (SSSR count). The number of benzene rings is 4. The van der Waals surface area contributed by atoms with Gasteiger partial charge in [0.15, 0.2) is 0 Å². The lowest BCUT2D eigenvalue weighted by Gasteiger charge is -2.26. The molecule has 0 bridgehead atoms. The summed E-state index contributed by atoms with van der Waals surface area (Å²) >= 11 is 1.91. The molecular weight excluding hydrogens is 454 g/mol. The lowest BCUT2D eigenvalue weighted by Crippen LogP contribution is -2.28. The van der Waals surface area contributed by atoms with Crippen molar-refractivity contribution in [2.45, 2.75) is 6.42 Å². The summed E-state index contributed by atoms with van der Waals surface area (Å²) in [6.07, 6.45) is 12.5. The van der Waals surface area contributed by atoms with Gasteiger partial charge in [0.1, 0.15) is 0 Å². The Hall–Kier alpha value is -4.14. The number of hydrogen-bond acceptors (Lipinski definition) is 2. The molecule has 36 heavy (non-hydrogen) atoms. The summed E-state index contributed by atoms with van der Waals surface area (Å²) in [7, 11) is 0. The van der Waals surface area contributed by atoms with Crippen molar-refractivity contribution in [1.82, 2.24) is 0 Å². The van der Waals surface area contributed by atoms with Gasteiger partial charge in [-0.05, 0) is 65.6 Å². The van der Waals surface area contributed by atoms with E-state index in [2.05, 4.69) is 138 Å². The van der Waals surface area contributed by atoms with Gasteiger partial charge in [0.05, 0.1) is 0 Å². The van der Waals surface area contributed by atoms with Crippen LogP contribution in [0.25, 0.3) is 32.9 Å². The second-order valence-corrected chi connectivity index (χ2v) is 10.4. The summed E-state index contributed by atoms with van der Waals surface area (Å²) in [5.41, 5.74) is 7.39. The van der Waals surface area contributed by atoms with Crippen LogP contribution in [0.2, 0.25) is 0 Å². The summed E-state index contributed by atoms with van der Waals surface area (Å²) in [4.78, 5) is 2.38. The molecular formula is C34H25NS. The Morgan fingerprint density at radius 3 is 2.28 bits per heavy atom. The topological polar surface area (TPSA) is 3.24 Å². The van der Waals surface area contributed by atoms with Gasteiger partial charge in [-0.2, -0.15) is 0 Å². The zero-order chi connectivity index (χ0) is 23.9. The van der Waals surface area contributed by atoms with E-state index in [0.717, 1.165) is 17.8 Å². The summed E-state index contributed by atoms with van der Waals surface area (Å²) in [5.74, 6) is 0.483. The maximum Gasteiger partial charge on any atom is 0.0468 e. The highest BCUT2D eigenvalue weighted by Gasteiger charge is 2.19. The normalized spacial score (nSPS) is 15.9. The van der Waals surface area contributed by atoms with Gasteiger partial charge < -0.3 is 4.90 Å². The molecule has 5 aromatic rings. The third-order valence-electron chi connectivity index (χ3n) is 7.16. The fourth-order valence-electron chi connectivity index (χ4n) is 5.46. The zero-order valence-electron chi connectivity index (χ0n) is 19.8. The van der Waals surface area contributed by atoms with E-state index in [1.165, 1.54) is 42.2 Å². The van der Waals surface area contributed by atoms with Crippen molar-refractivity contribution in [3.8, 4) is 11.1 Å². The standard InChI is InChI=1S/C34H25NS/c1-3-10-24(11-4-1)26-13-9-16-28(22-26)35(27-14-5-2-6-15-27)29-19-21-32-31(23-29)34-30-17-8-7-12-25(30)18-20-33(34)36-32/h1-17,19-23,25H,18H2. The van der Waals surface area contributed by atoms with Crippen molar-refractivity contribution in [3.63, 3.8) is 0 Å². The lowest BCUT2D eigenvalue weighted by molar-refractivity contribution is 0.868. The van der Waals surface area contributed by atoms with Gasteiger partial charge in [0.2, 0.25) is 0 Å². The molecule has 1 unspecified atom stereocenters. The summed E-state index contributed by atoms with van der Waals surface area (Å²) in [6.45, 7) is 0. The van der Waals surface area contributed by atoms with Gasteiger partial charge in [-0.3, -0.25) is 0 Å². The van der Waals surface area contributed by atoms with Crippen LogP contribution in [0.15, 0.2) is 127 Å². The Kier molecular flexibility index (Phi) is 5.18. The highest BCUT2D eigenvalue weighted by molar-refractivity contribution is 7.17. The number of nitrogens with zero attached hydrogens (tertiary/aromatic N) is 1. The minimum Gasteiger partial charge on any atom is -0.310 e. The first-order chi connectivity index (χ1) is 17.8. The lowest BCUT2D eigenvalue weighted by atomic mass is 9.87. The average molecular weight is 480 g/mol. The number of para-hydroxylation sites is 1. The Labute approximate surface area is 215 Å². The van der Waals surface area contributed by atoms with Gasteiger partial charge >= 0.3 is 0 Å². The first-order valence-corrected chi connectivity index (χ1v) is 13.3. The molecule has 1 heterocycles. The number of rotatable bonds is 4. The van der Waals surface area contributed by atoms with E-state index in [1.807, 2.05) is 11.3 Å². The highest BCUT2D eigenvalue weighted by Crippen LogP contribution is 2.38. The predicted molar refractivity (Wildman–Crippen MR) is 155 cm³/mol. The maximum absolute atomic E-state index is 2.43. The average Bonchev–Trinajstić information content (AvgIpc) is 3.33. The van der Waals surface area contributed by atoms with Gasteiger partial charge in [-0.15, -0.1) is 11.3 Å². The van der Waals surface area contributed by atoms with E-state index in [0.29, 0.717) is 5.92 Å². The predicted octanol–water partition coefficient (Wildman–Crippen LogP) is 8.12. The fourth-order valence-corrected chi connectivity index (χ4v) is 6.61. The SMILES string of the molecule is C1=CC2=c3c(sc4ccc(N(c5ccccc5)c5cccc(-c6ccccc6)c5)cc34)=CCC2C=C1. The Morgan fingerprint density at radius 2 is 1.42 bits per heavy atom. The summed E-state index contributed by atoms with van der Waals surface area (Å²) in [6, 6.07) is 37.1. The molecule has 0 radical (unpaired) electrons. The molecule has 1 nitrogen and oxygen atoms in total. The van der Waals surface area contributed by atoms with E-state index in [9.17, 15) is 0 Å². The molecule has 0 fully saturated rings. The Bertz CT molecular complexity index is 1760. The molecule has 2 aliphatic rings. The van der Waals surface area contributed by atoms with Gasteiger partial charge in [0, 0.05) is 42.8 Å². The molecule has 2 heteroatoms. The number of anilines is 3. The molecule has 1 atom stereocenters. The second-order valence-electron chi connectivity index (χ2n) is 9.35. The summed E-state index contributed by atoms with van der Waals surface area (Å²) in [5, 5.41) is 2.77. The number of fused-ring (bicyclic) bond motifs is 4. The molecule has 0 spiro atoms. The quantitative estimate of drug-likeness (QED) is 0.252. The van der Waals surface area contributed by atoms with Crippen LogP contribution < -0.4 is 14.7 Å². The van der Waals surface area contributed by atoms with Crippen molar-refractivity contribution in [2.75, 3.05) is 4.90 Å². The smallest absolute Gasteiger partial charge is 0.0468 e. The molecule has 0 saturated heterocycles. The highest BCUT2D eigenvalue weighted by atomic mass is 32.1. The van der Waals surface area contributed by atoms with E-state index < -0.39 is 0 Å². The first-order valence-electron chi connectivity index (χ1n) is 12.5. The van der Waals surface area contributed by atoms with Crippen molar-refractivity contribution in [3.05, 3.63) is 137 Å². The number of allylic oxidation sites excluding steroid dienone is 4. The molecule has 1 aromatic heterocycles. The van der Waals surface area contributed by atoms with Crippen LogP contribution in [-0.4, -0.2) is 0 Å². The van der Waals surface area contributed by atoms with Crippen LogP contribution in [0.4, 0.5) is 17.1 Å². The molecule has 172 valence electrons. The van der Waals surface area contributed by atoms with Crippen molar-refractivity contribution in [1.29, 1.82) is 0 Å². The third-order valence-corrected chi connectivity index (χ3v) is 8.33. The monoisotopic (exact) mass is 479 g/mol. The number of hydrogen-bond donors (Lipinski definition) is 0. The largest absolute Gasteiger partial charge is 0.310 e. The van der Waals surface area contributed by atoms with Gasteiger partial charge in [-0.25, -0.2) is 0 Å². The third kappa shape index (κ3) is 3.62. The maximum atomic E-state index is 2.43. The molecule has 4 aromatic carbocycles. The Morgan fingerprint density at radius 1 is 0.667 bits per heavy atom. The first kappa shape index (κ1) is 21.2. The van der Waals surface area contributed by atoms with E-state index in [4.69, 9.17) is 0 Å². The van der Waals surface area contributed by atoms with Gasteiger partial charge in [0.25, 0.3) is 0 Å². The van der Waals surface area contributed by atoms with Crippen LogP contribution in [0, 0.1) is 5.92 Å².